The zero-order valence-electron chi connectivity index (χ0n) is 13.3. The number of hydrogen-bond acceptors (Lipinski definition) is 1. The van der Waals surface area contributed by atoms with Crippen molar-refractivity contribution >= 4 is 5.57 Å². The van der Waals surface area contributed by atoms with Crippen molar-refractivity contribution in [1.82, 2.24) is 4.90 Å². The number of likely N-dealkylation sites (tertiary alicyclic amines) is 1. The zero-order valence-corrected chi connectivity index (χ0v) is 13.3. The van der Waals surface area contributed by atoms with Gasteiger partial charge in [-0.05, 0) is 60.6 Å². The molecule has 0 atom stereocenters. The van der Waals surface area contributed by atoms with Crippen molar-refractivity contribution in [3.8, 4) is 0 Å². The van der Waals surface area contributed by atoms with Crippen LogP contribution < -0.4 is 0 Å². The summed E-state index contributed by atoms with van der Waals surface area (Å²) in [6, 6.07) is 18.1. The van der Waals surface area contributed by atoms with Gasteiger partial charge in [0.25, 0.3) is 0 Å². The fraction of sp³-hybridized carbons (Fsp3) is 0.333. The summed E-state index contributed by atoms with van der Waals surface area (Å²) in [5, 5.41) is 0. The number of hydrogen-bond donors (Lipinski definition) is 0. The van der Waals surface area contributed by atoms with Crippen LogP contribution in [0.15, 0.2) is 54.1 Å². The van der Waals surface area contributed by atoms with E-state index in [4.69, 9.17) is 0 Å². The molecule has 2 aromatic rings. The van der Waals surface area contributed by atoms with Crippen LogP contribution in [0.1, 0.15) is 35.1 Å². The molecule has 1 fully saturated rings. The lowest BCUT2D eigenvalue weighted by Crippen LogP contribution is -2.27. The van der Waals surface area contributed by atoms with Crippen molar-refractivity contribution in [2.75, 3.05) is 20.1 Å². The van der Waals surface area contributed by atoms with Crippen LogP contribution in [0.3, 0.4) is 0 Å². The topological polar surface area (TPSA) is 3.24 Å². The van der Waals surface area contributed by atoms with E-state index < -0.39 is 0 Å². The fourth-order valence-corrected chi connectivity index (χ4v) is 3.90. The normalized spacial score (nSPS) is 18.6. The molecule has 1 aliphatic heterocycles. The number of rotatable bonds is 0. The van der Waals surface area contributed by atoms with Crippen LogP contribution in [-0.4, -0.2) is 25.0 Å². The Hall–Kier alpha value is -1.86. The Bertz CT molecular complexity index is 667. The molecule has 0 saturated carbocycles. The van der Waals surface area contributed by atoms with E-state index in [-0.39, 0.29) is 0 Å². The average Bonchev–Trinajstić information content (AvgIpc) is 2.73. The van der Waals surface area contributed by atoms with Crippen molar-refractivity contribution in [2.45, 2.75) is 25.7 Å². The van der Waals surface area contributed by atoms with Gasteiger partial charge in [-0.2, -0.15) is 0 Å². The standard InChI is InChI=1S/C21H23N/c1-22-14-12-18(13-15-22)21-19-8-4-2-6-16(19)10-11-17-7-3-5-9-20(17)21/h2-9H,10-15H2,1H3. The summed E-state index contributed by atoms with van der Waals surface area (Å²) in [4.78, 5) is 2.44. The summed E-state index contributed by atoms with van der Waals surface area (Å²) in [7, 11) is 2.23. The van der Waals surface area contributed by atoms with Gasteiger partial charge in [0, 0.05) is 13.1 Å². The number of fused-ring (bicyclic) bond motifs is 2. The van der Waals surface area contributed by atoms with E-state index in [0.29, 0.717) is 0 Å². The maximum Gasteiger partial charge on any atom is 0.00160 e. The van der Waals surface area contributed by atoms with Gasteiger partial charge < -0.3 is 4.90 Å². The van der Waals surface area contributed by atoms with Crippen LogP contribution >= 0.6 is 0 Å². The molecule has 0 amide bonds. The maximum absolute atomic E-state index is 2.44. The second kappa shape index (κ2) is 5.73. The molecule has 0 bridgehead atoms. The molecule has 1 heteroatoms. The monoisotopic (exact) mass is 289 g/mol. The number of aryl methyl sites for hydroxylation is 2. The van der Waals surface area contributed by atoms with Gasteiger partial charge in [-0.3, -0.25) is 0 Å². The minimum Gasteiger partial charge on any atom is -0.306 e. The molecular weight excluding hydrogens is 266 g/mol. The van der Waals surface area contributed by atoms with Crippen LogP contribution in [0.4, 0.5) is 0 Å². The zero-order chi connectivity index (χ0) is 14.9. The lowest BCUT2D eigenvalue weighted by Gasteiger charge is -2.27. The average molecular weight is 289 g/mol. The summed E-state index contributed by atoms with van der Waals surface area (Å²) >= 11 is 0. The molecule has 22 heavy (non-hydrogen) atoms. The van der Waals surface area contributed by atoms with Gasteiger partial charge in [-0.1, -0.05) is 54.1 Å². The van der Waals surface area contributed by atoms with E-state index in [2.05, 4.69) is 60.5 Å². The molecule has 0 N–H and O–H groups in total. The molecule has 112 valence electrons. The van der Waals surface area contributed by atoms with Gasteiger partial charge in [0.1, 0.15) is 0 Å². The highest BCUT2D eigenvalue weighted by Gasteiger charge is 2.22. The fourth-order valence-electron chi connectivity index (χ4n) is 3.90. The van der Waals surface area contributed by atoms with E-state index in [9.17, 15) is 0 Å². The molecule has 1 aliphatic carbocycles. The summed E-state index contributed by atoms with van der Waals surface area (Å²) in [6.07, 6.45) is 4.72. The molecule has 1 saturated heterocycles. The quantitative estimate of drug-likeness (QED) is 0.698. The second-order valence-corrected chi connectivity index (χ2v) is 6.60. The summed E-state index contributed by atoms with van der Waals surface area (Å²) < 4.78 is 0. The van der Waals surface area contributed by atoms with E-state index in [0.717, 1.165) is 12.8 Å². The van der Waals surface area contributed by atoms with Gasteiger partial charge >= 0.3 is 0 Å². The van der Waals surface area contributed by atoms with Gasteiger partial charge in [-0.25, -0.2) is 0 Å². The molecule has 2 aromatic carbocycles. The predicted octanol–water partition coefficient (Wildman–Crippen LogP) is 4.31. The first-order valence-electron chi connectivity index (χ1n) is 8.40. The van der Waals surface area contributed by atoms with Gasteiger partial charge in [0.15, 0.2) is 0 Å². The lowest BCUT2D eigenvalue weighted by molar-refractivity contribution is 0.313. The molecule has 0 unspecified atom stereocenters. The molecule has 0 spiro atoms. The number of benzene rings is 2. The van der Waals surface area contributed by atoms with Crippen LogP contribution in [0.25, 0.3) is 5.57 Å². The highest BCUT2D eigenvalue weighted by Crippen LogP contribution is 2.38. The van der Waals surface area contributed by atoms with Crippen molar-refractivity contribution in [3.05, 3.63) is 76.4 Å². The van der Waals surface area contributed by atoms with E-state index in [1.54, 1.807) is 5.57 Å². The van der Waals surface area contributed by atoms with Crippen LogP contribution in [0.2, 0.25) is 0 Å². The van der Waals surface area contributed by atoms with Gasteiger partial charge in [0.05, 0.1) is 0 Å². The van der Waals surface area contributed by atoms with E-state index in [1.165, 1.54) is 53.8 Å². The van der Waals surface area contributed by atoms with Gasteiger partial charge in [0.2, 0.25) is 0 Å². The third-order valence-corrected chi connectivity index (χ3v) is 5.18. The molecule has 0 radical (unpaired) electrons. The van der Waals surface area contributed by atoms with Crippen LogP contribution in [0.5, 0.6) is 0 Å². The maximum atomic E-state index is 2.44. The number of nitrogens with zero attached hydrogens (tertiary/aromatic N) is 1. The minimum atomic E-state index is 1.16. The highest BCUT2D eigenvalue weighted by atomic mass is 15.1. The SMILES string of the molecule is CN1CCC(=C2c3ccccc3CCc3ccccc32)CC1. The Balaban J connectivity index is 1.93. The Morgan fingerprint density at radius 3 is 1.73 bits per heavy atom. The summed E-state index contributed by atoms with van der Waals surface area (Å²) in [5.74, 6) is 0. The van der Waals surface area contributed by atoms with Gasteiger partial charge in [-0.15, -0.1) is 0 Å². The number of piperidine rings is 1. The van der Waals surface area contributed by atoms with Crippen molar-refractivity contribution in [2.24, 2.45) is 0 Å². The van der Waals surface area contributed by atoms with Crippen molar-refractivity contribution < 1.29 is 0 Å². The van der Waals surface area contributed by atoms with Crippen LogP contribution in [-0.2, 0) is 12.8 Å². The van der Waals surface area contributed by atoms with Crippen molar-refractivity contribution in [1.29, 1.82) is 0 Å². The van der Waals surface area contributed by atoms with Crippen LogP contribution in [0, 0.1) is 0 Å². The Labute approximate surface area is 133 Å². The second-order valence-electron chi connectivity index (χ2n) is 6.60. The molecule has 0 aromatic heterocycles. The Morgan fingerprint density at radius 1 is 0.682 bits per heavy atom. The Morgan fingerprint density at radius 2 is 1.18 bits per heavy atom. The van der Waals surface area contributed by atoms with Crippen molar-refractivity contribution in [3.63, 3.8) is 0 Å². The molecule has 1 nitrogen and oxygen atoms in total. The first-order valence-corrected chi connectivity index (χ1v) is 8.40. The molecule has 4 rings (SSSR count). The summed E-state index contributed by atoms with van der Waals surface area (Å²) in [5.41, 5.74) is 9.18. The molecule has 1 heterocycles. The van der Waals surface area contributed by atoms with E-state index in [1.807, 2.05) is 0 Å². The lowest BCUT2D eigenvalue weighted by atomic mass is 9.86. The molecular formula is C21H23N. The first kappa shape index (κ1) is 13.8. The largest absolute Gasteiger partial charge is 0.306 e. The third-order valence-electron chi connectivity index (χ3n) is 5.18. The Kier molecular flexibility index (Phi) is 3.59. The molecule has 2 aliphatic rings. The smallest absolute Gasteiger partial charge is 0.00160 e. The predicted molar refractivity (Wildman–Crippen MR) is 93.0 cm³/mol. The summed E-state index contributed by atoms with van der Waals surface area (Å²) in [6.45, 7) is 2.37. The third kappa shape index (κ3) is 2.40. The highest BCUT2D eigenvalue weighted by molar-refractivity contribution is 5.86. The van der Waals surface area contributed by atoms with E-state index >= 15 is 0 Å². The minimum absolute atomic E-state index is 1.16. The first-order chi connectivity index (χ1) is 10.8.